The van der Waals surface area contributed by atoms with E-state index in [1.165, 1.54) is 11.0 Å². The summed E-state index contributed by atoms with van der Waals surface area (Å²) in [5, 5.41) is 9.15. The zero-order valence-corrected chi connectivity index (χ0v) is 10.0. The molecular weight excluding hydrogens is 230 g/mol. The molecule has 0 aromatic heterocycles. The SMILES string of the molecule is C#CC1CC(=O)N(c2cc(C)ccc2C(=O)O)C1. The van der Waals surface area contributed by atoms with E-state index in [2.05, 4.69) is 5.92 Å². The van der Waals surface area contributed by atoms with Gasteiger partial charge in [0.1, 0.15) is 0 Å². The fourth-order valence-corrected chi connectivity index (χ4v) is 2.10. The van der Waals surface area contributed by atoms with Crippen LogP contribution in [0.4, 0.5) is 5.69 Å². The van der Waals surface area contributed by atoms with E-state index in [1.807, 2.05) is 6.92 Å². The Hall–Kier alpha value is -2.28. The fraction of sp³-hybridized carbons (Fsp3) is 0.286. The molecule has 4 nitrogen and oxygen atoms in total. The third kappa shape index (κ3) is 2.07. The van der Waals surface area contributed by atoms with Crippen molar-refractivity contribution in [3.63, 3.8) is 0 Å². The van der Waals surface area contributed by atoms with Crippen molar-refractivity contribution in [3.8, 4) is 12.3 Å². The number of carbonyl (C=O) groups excluding carboxylic acids is 1. The number of aromatic carboxylic acids is 1. The number of carboxylic acids is 1. The molecule has 1 aliphatic heterocycles. The summed E-state index contributed by atoms with van der Waals surface area (Å²) >= 11 is 0. The lowest BCUT2D eigenvalue weighted by atomic mass is 10.1. The molecule has 0 bridgehead atoms. The molecule has 1 saturated heterocycles. The minimum atomic E-state index is -1.04. The maximum absolute atomic E-state index is 11.9. The van der Waals surface area contributed by atoms with Gasteiger partial charge in [-0.05, 0) is 24.6 Å². The number of rotatable bonds is 2. The summed E-state index contributed by atoms with van der Waals surface area (Å²) in [7, 11) is 0. The Morgan fingerprint density at radius 3 is 2.83 bits per heavy atom. The Balaban J connectivity index is 2.45. The monoisotopic (exact) mass is 243 g/mol. The van der Waals surface area contributed by atoms with Crippen LogP contribution < -0.4 is 4.90 Å². The maximum Gasteiger partial charge on any atom is 0.337 e. The smallest absolute Gasteiger partial charge is 0.337 e. The maximum atomic E-state index is 11.9. The molecule has 1 aromatic carbocycles. The largest absolute Gasteiger partial charge is 0.478 e. The molecule has 0 aliphatic carbocycles. The van der Waals surface area contributed by atoms with Crippen LogP contribution in [0.3, 0.4) is 0 Å². The van der Waals surface area contributed by atoms with Crippen molar-refractivity contribution in [3.05, 3.63) is 29.3 Å². The van der Waals surface area contributed by atoms with Gasteiger partial charge in [0.25, 0.3) is 0 Å². The summed E-state index contributed by atoms with van der Waals surface area (Å²) in [6.45, 7) is 2.24. The molecule has 1 N–H and O–H groups in total. The third-order valence-electron chi connectivity index (χ3n) is 3.04. The molecule has 0 saturated carbocycles. The van der Waals surface area contributed by atoms with Gasteiger partial charge in [-0.1, -0.05) is 6.07 Å². The highest BCUT2D eigenvalue weighted by molar-refractivity contribution is 6.03. The molecule has 1 aromatic rings. The van der Waals surface area contributed by atoms with Crippen molar-refractivity contribution in [1.29, 1.82) is 0 Å². The Kier molecular flexibility index (Phi) is 3.07. The lowest BCUT2D eigenvalue weighted by molar-refractivity contribution is -0.117. The van der Waals surface area contributed by atoms with Gasteiger partial charge >= 0.3 is 5.97 Å². The molecule has 2 rings (SSSR count). The van der Waals surface area contributed by atoms with Crippen molar-refractivity contribution in [2.24, 2.45) is 5.92 Å². The van der Waals surface area contributed by atoms with Crippen molar-refractivity contribution >= 4 is 17.6 Å². The Morgan fingerprint density at radius 2 is 2.28 bits per heavy atom. The third-order valence-corrected chi connectivity index (χ3v) is 3.04. The van der Waals surface area contributed by atoms with Crippen molar-refractivity contribution < 1.29 is 14.7 Å². The minimum Gasteiger partial charge on any atom is -0.478 e. The van der Waals surface area contributed by atoms with E-state index in [4.69, 9.17) is 11.5 Å². The van der Waals surface area contributed by atoms with Crippen LogP contribution in [0.2, 0.25) is 0 Å². The van der Waals surface area contributed by atoms with Crippen LogP contribution in [0.25, 0.3) is 0 Å². The van der Waals surface area contributed by atoms with E-state index < -0.39 is 5.97 Å². The van der Waals surface area contributed by atoms with E-state index in [9.17, 15) is 9.59 Å². The molecule has 0 radical (unpaired) electrons. The molecule has 1 unspecified atom stereocenters. The Morgan fingerprint density at radius 1 is 1.56 bits per heavy atom. The first-order valence-corrected chi connectivity index (χ1v) is 5.63. The lowest BCUT2D eigenvalue weighted by Crippen LogP contribution is -2.26. The highest BCUT2D eigenvalue weighted by Crippen LogP contribution is 2.28. The average Bonchev–Trinajstić information content (AvgIpc) is 2.70. The second-order valence-corrected chi connectivity index (χ2v) is 4.40. The second-order valence-electron chi connectivity index (χ2n) is 4.40. The summed E-state index contributed by atoms with van der Waals surface area (Å²) in [5.74, 6) is 1.25. The van der Waals surface area contributed by atoms with Gasteiger partial charge in [0.05, 0.1) is 11.3 Å². The molecule has 1 aliphatic rings. The zero-order chi connectivity index (χ0) is 13.3. The summed E-state index contributed by atoms with van der Waals surface area (Å²) in [6, 6.07) is 4.94. The molecule has 0 spiro atoms. The minimum absolute atomic E-state index is 0.119. The standard InChI is InChI=1S/C14H13NO3/c1-3-10-7-13(16)15(8-10)12-6-9(2)4-5-11(12)14(17)18/h1,4-6,10H,7-8H2,2H3,(H,17,18). The quantitative estimate of drug-likeness (QED) is 0.804. The van der Waals surface area contributed by atoms with Crippen LogP contribution in [0.1, 0.15) is 22.3 Å². The Bertz CT molecular complexity index is 557. The van der Waals surface area contributed by atoms with E-state index >= 15 is 0 Å². The molecule has 1 atom stereocenters. The predicted molar refractivity (Wildman–Crippen MR) is 67.4 cm³/mol. The zero-order valence-electron chi connectivity index (χ0n) is 10.0. The number of amides is 1. The van der Waals surface area contributed by atoms with Gasteiger partial charge in [-0.15, -0.1) is 12.3 Å². The van der Waals surface area contributed by atoms with Crippen molar-refractivity contribution in [1.82, 2.24) is 0 Å². The van der Waals surface area contributed by atoms with Crippen LogP contribution in [-0.4, -0.2) is 23.5 Å². The number of benzene rings is 1. The normalized spacial score (nSPS) is 18.8. The number of anilines is 1. The summed E-state index contributed by atoms with van der Waals surface area (Å²) in [6.07, 6.45) is 5.60. The first-order valence-electron chi connectivity index (χ1n) is 5.63. The van der Waals surface area contributed by atoms with Gasteiger partial charge in [-0.2, -0.15) is 0 Å². The van der Waals surface area contributed by atoms with E-state index in [0.717, 1.165) is 5.56 Å². The summed E-state index contributed by atoms with van der Waals surface area (Å²) in [5.41, 5.74) is 1.48. The molecule has 4 heteroatoms. The second kappa shape index (κ2) is 4.53. The van der Waals surface area contributed by atoms with Gasteiger partial charge in [0, 0.05) is 18.9 Å². The molecule has 1 fully saturated rings. The van der Waals surface area contributed by atoms with Gasteiger partial charge in [-0.25, -0.2) is 4.79 Å². The van der Waals surface area contributed by atoms with Crippen molar-refractivity contribution in [2.45, 2.75) is 13.3 Å². The molecular formula is C14H13NO3. The number of aryl methyl sites for hydroxylation is 1. The number of hydrogen-bond acceptors (Lipinski definition) is 2. The molecule has 1 heterocycles. The summed E-state index contributed by atoms with van der Waals surface area (Å²) < 4.78 is 0. The first kappa shape index (κ1) is 12.2. The fourth-order valence-electron chi connectivity index (χ4n) is 2.10. The number of terminal acetylenes is 1. The lowest BCUT2D eigenvalue weighted by Gasteiger charge is -2.18. The van der Waals surface area contributed by atoms with Gasteiger partial charge in [-0.3, -0.25) is 4.79 Å². The van der Waals surface area contributed by atoms with Crippen molar-refractivity contribution in [2.75, 3.05) is 11.4 Å². The highest BCUT2D eigenvalue weighted by Gasteiger charge is 2.31. The van der Waals surface area contributed by atoms with Crippen LogP contribution in [0, 0.1) is 25.2 Å². The number of carboxylic acid groups (broad SMARTS) is 1. The van der Waals surface area contributed by atoms with Gasteiger partial charge in [0.15, 0.2) is 0 Å². The van der Waals surface area contributed by atoms with Gasteiger partial charge < -0.3 is 10.0 Å². The topological polar surface area (TPSA) is 57.6 Å². The number of hydrogen-bond donors (Lipinski definition) is 1. The average molecular weight is 243 g/mol. The molecule has 1 amide bonds. The molecule has 18 heavy (non-hydrogen) atoms. The van der Waals surface area contributed by atoms with E-state index in [1.54, 1.807) is 12.1 Å². The predicted octanol–water partition coefficient (Wildman–Crippen LogP) is 1.68. The summed E-state index contributed by atoms with van der Waals surface area (Å²) in [4.78, 5) is 24.5. The van der Waals surface area contributed by atoms with Crippen LogP contribution in [-0.2, 0) is 4.79 Å². The Labute approximate surface area is 105 Å². The van der Waals surface area contributed by atoms with E-state index in [0.29, 0.717) is 12.2 Å². The van der Waals surface area contributed by atoms with Crippen LogP contribution in [0.5, 0.6) is 0 Å². The molecule has 92 valence electrons. The van der Waals surface area contributed by atoms with Crippen LogP contribution >= 0.6 is 0 Å². The first-order chi connectivity index (χ1) is 8.52. The van der Waals surface area contributed by atoms with Crippen LogP contribution in [0.15, 0.2) is 18.2 Å². The number of carbonyl (C=O) groups is 2. The number of nitrogens with zero attached hydrogens (tertiary/aromatic N) is 1. The van der Waals surface area contributed by atoms with Gasteiger partial charge in [0.2, 0.25) is 5.91 Å². The van der Waals surface area contributed by atoms with E-state index in [-0.39, 0.29) is 23.8 Å². The highest BCUT2D eigenvalue weighted by atomic mass is 16.4.